The van der Waals surface area contributed by atoms with Crippen molar-refractivity contribution in [1.29, 1.82) is 0 Å². The van der Waals surface area contributed by atoms with E-state index >= 15 is 0 Å². The van der Waals surface area contributed by atoms with Gasteiger partial charge in [0, 0.05) is 31.7 Å². The molecule has 9 nitrogen and oxygen atoms in total. The summed E-state index contributed by atoms with van der Waals surface area (Å²) in [6.45, 7) is 0.758. The summed E-state index contributed by atoms with van der Waals surface area (Å²) in [4.78, 5) is 39.1. The predicted octanol–water partition coefficient (Wildman–Crippen LogP) is 0.0101. The number of carbonyl (C=O) groups excluding carboxylic acids is 2. The van der Waals surface area contributed by atoms with Gasteiger partial charge >= 0.3 is 5.97 Å². The lowest BCUT2D eigenvalue weighted by atomic mass is 9.96. The van der Waals surface area contributed by atoms with Crippen LogP contribution in [-0.4, -0.2) is 55.8 Å². The van der Waals surface area contributed by atoms with Crippen molar-refractivity contribution in [3.8, 4) is 0 Å². The van der Waals surface area contributed by atoms with Crippen LogP contribution in [0.3, 0.4) is 0 Å². The molecular weight excluding hydrogens is 374 g/mol. The zero-order valence-corrected chi connectivity index (χ0v) is 15.4. The van der Waals surface area contributed by atoms with Crippen LogP contribution in [0, 0.1) is 11.8 Å². The number of benzene rings is 1. The van der Waals surface area contributed by atoms with Gasteiger partial charge in [-0.1, -0.05) is 6.07 Å². The number of nitrogens with zero attached hydrogens (tertiary/aromatic N) is 2. The van der Waals surface area contributed by atoms with Crippen LogP contribution in [0.1, 0.15) is 19.3 Å². The summed E-state index contributed by atoms with van der Waals surface area (Å²) in [7, 11) is -3.90. The third-order valence-corrected chi connectivity index (χ3v) is 5.93. The van der Waals surface area contributed by atoms with Gasteiger partial charge in [-0.15, -0.1) is 0 Å². The van der Waals surface area contributed by atoms with Crippen molar-refractivity contribution in [2.24, 2.45) is 17.0 Å². The molecule has 2 saturated heterocycles. The van der Waals surface area contributed by atoms with Crippen molar-refractivity contribution in [3.63, 3.8) is 0 Å². The maximum absolute atomic E-state index is 12.8. The van der Waals surface area contributed by atoms with Gasteiger partial charge < -0.3 is 14.9 Å². The van der Waals surface area contributed by atoms with Crippen LogP contribution >= 0.6 is 0 Å². The smallest absolute Gasteiger partial charge is 0.308 e. The number of rotatable bonds is 4. The van der Waals surface area contributed by atoms with E-state index in [2.05, 4.69) is 0 Å². The van der Waals surface area contributed by atoms with Crippen LogP contribution in [0.15, 0.2) is 29.2 Å². The van der Waals surface area contributed by atoms with Gasteiger partial charge in [-0.25, -0.2) is 13.6 Å². The molecule has 0 aromatic heterocycles. The van der Waals surface area contributed by atoms with Crippen LogP contribution in [0.5, 0.6) is 0 Å². The summed E-state index contributed by atoms with van der Waals surface area (Å²) in [5, 5.41) is 14.3. The largest absolute Gasteiger partial charge is 0.481 e. The monoisotopic (exact) mass is 395 g/mol. The first-order valence-electron chi connectivity index (χ1n) is 8.61. The Hall–Kier alpha value is -2.46. The van der Waals surface area contributed by atoms with Gasteiger partial charge in [0.05, 0.1) is 16.7 Å². The number of sulfonamides is 1. The molecule has 1 aromatic rings. The SMILES string of the molecule is NS(=O)(=O)c1cccc(N2CC(C(=O)N3CCCC(C(=O)O)C3)CC2=O)c1. The highest BCUT2D eigenvalue weighted by Gasteiger charge is 2.39. The van der Waals surface area contributed by atoms with E-state index in [0.717, 1.165) is 0 Å². The number of aliphatic carboxylic acids is 1. The number of primary sulfonamides is 1. The Morgan fingerprint density at radius 2 is 1.93 bits per heavy atom. The predicted molar refractivity (Wildman–Crippen MR) is 95.2 cm³/mol. The highest BCUT2D eigenvalue weighted by molar-refractivity contribution is 7.89. The summed E-state index contributed by atoms with van der Waals surface area (Å²) in [5.74, 6) is -2.60. The van der Waals surface area contributed by atoms with E-state index in [1.165, 1.54) is 28.0 Å². The van der Waals surface area contributed by atoms with E-state index in [1.54, 1.807) is 6.07 Å². The second-order valence-corrected chi connectivity index (χ2v) is 8.47. The molecule has 146 valence electrons. The number of carbonyl (C=O) groups is 3. The summed E-state index contributed by atoms with van der Waals surface area (Å²) in [6, 6.07) is 5.71. The van der Waals surface area contributed by atoms with Crippen molar-refractivity contribution in [2.75, 3.05) is 24.5 Å². The number of hydrogen-bond acceptors (Lipinski definition) is 5. The first kappa shape index (κ1) is 19.3. The van der Waals surface area contributed by atoms with Crippen LogP contribution in [0.4, 0.5) is 5.69 Å². The van der Waals surface area contributed by atoms with Crippen molar-refractivity contribution in [3.05, 3.63) is 24.3 Å². The van der Waals surface area contributed by atoms with Crippen LogP contribution < -0.4 is 10.0 Å². The number of anilines is 1. The van der Waals surface area contributed by atoms with E-state index in [0.29, 0.717) is 25.1 Å². The normalized spacial score (nSPS) is 23.5. The van der Waals surface area contributed by atoms with Crippen LogP contribution in [0.25, 0.3) is 0 Å². The fraction of sp³-hybridized carbons (Fsp3) is 0.471. The molecule has 27 heavy (non-hydrogen) atoms. The Balaban J connectivity index is 1.74. The molecular formula is C17H21N3O6S. The molecule has 0 spiro atoms. The fourth-order valence-electron chi connectivity index (χ4n) is 3.59. The average molecular weight is 395 g/mol. The second kappa shape index (κ2) is 7.28. The first-order chi connectivity index (χ1) is 12.7. The lowest BCUT2D eigenvalue weighted by Gasteiger charge is -2.32. The summed E-state index contributed by atoms with van der Waals surface area (Å²) >= 11 is 0. The lowest BCUT2D eigenvalue weighted by Crippen LogP contribution is -2.45. The Morgan fingerprint density at radius 1 is 1.19 bits per heavy atom. The number of carboxylic acids is 1. The molecule has 0 bridgehead atoms. The molecule has 2 heterocycles. The van der Waals surface area contributed by atoms with E-state index < -0.39 is 27.8 Å². The minimum Gasteiger partial charge on any atom is -0.481 e. The maximum atomic E-state index is 12.8. The lowest BCUT2D eigenvalue weighted by molar-refractivity contribution is -0.146. The number of piperidine rings is 1. The molecule has 2 unspecified atom stereocenters. The topological polar surface area (TPSA) is 138 Å². The third-order valence-electron chi connectivity index (χ3n) is 5.01. The Labute approximate surface area is 156 Å². The maximum Gasteiger partial charge on any atom is 0.308 e. The number of amides is 2. The fourth-order valence-corrected chi connectivity index (χ4v) is 4.14. The van der Waals surface area contributed by atoms with E-state index in [4.69, 9.17) is 10.2 Å². The highest BCUT2D eigenvalue weighted by Crippen LogP contribution is 2.29. The quantitative estimate of drug-likeness (QED) is 0.736. The molecule has 3 N–H and O–H groups in total. The van der Waals surface area contributed by atoms with Gasteiger partial charge in [-0.3, -0.25) is 14.4 Å². The molecule has 0 aliphatic carbocycles. The van der Waals surface area contributed by atoms with Crippen molar-refractivity contribution >= 4 is 33.5 Å². The van der Waals surface area contributed by atoms with Crippen LogP contribution in [0.2, 0.25) is 0 Å². The standard InChI is InChI=1S/C17H21N3O6S/c18-27(25,26)14-5-1-4-13(8-14)20-10-12(7-15(20)21)16(22)19-6-2-3-11(9-19)17(23)24/h1,4-5,8,11-12H,2-3,6-7,9-10H2,(H,23,24)(H2,18,25,26). The zero-order chi connectivity index (χ0) is 19.8. The average Bonchev–Trinajstić information content (AvgIpc) is 3.02. The van der Waals surface area contributed by atoms with Gasteiger partial charge in [0.2, 0.25) is 21.8 Å². The minimum absolute atomic E-state index is 0.00662. The molecule has 2 aliphatic rings. The molecule has 0 saturated carbocycles. The molecule has 2 fully saturated rings. The zero-order valence-electron chi connectivity index (χ0n) is 14.6. The molecule has 0 radical (unpaired) electrons. The minimum atomic E-state index is -3.90. The number of nitrogens with two attached hydrogens (primary N) is 1. The number of carboxylic acid groups (broad SMARTS) is 1. The van der Waals surface area contributed by atoms with Gasteiger partial charge in [0.1, 0.15) is 0 Å². The number of likely N-dealkylation sites (tertiary alicyclic amines) is 1. The van der Waals surface area contributed by atoms with E-state index in [1.807, 2.05) is 0 Å². The summed E-state index contributed by atoms with van der Waals surface area (Å²) < 4.78 is 23.0. The van der Waals surface area contributed by atoms with Gasteiger partial charge in [0.15, 0.2) is 0 Å². The van der Waals surface area contributed by atoms with Gasteiger partial charge in [-0.05, 0) is 31.0 Å². The van der Waals surface area contributed by atoms with Crippen molar-refractivity contribution < 1.29 is 27.9 Å². The van der Waals surface area contributed by atoms with Crippen molar-refractivity contribution in [1.82, 2.24) is 4.90 Å². The Bertz CT molecular complexity index is 884. The van der Waals surface area contributed by atoms with E-state index in [-0.39, 0.29) is 36.2 Å². The molecule has 2 aliphatic heterocycles. The van der Waals surface area contributed by atoms with E-state index in [9.17, 15) is 22.8 Å². The highest BCUT2D eigenvalue weighted by atomic mass is 32.2. The van der Waals surface area contributed by atoms with Gasteiger partial charge in [-0.2, -0.15) is 0 Å². The Kier molecular flexibility index (Phi) is 5.20. The molecule has 1 aromatic carbocycles. The summed E-state index contributed by atoms with van der Waals surface area (Å²) in [6.07, 6.45) is 1.16. The molecule has 3 rings (SSSR count). The van der Waals surface area contributed by atoms with Gasteiger partial charge in [0.25, 0.3) is 0 Å². The second-order valence-electron chi connectivity index (χ2n) is 6.91. The Morgan fingerprint density at radius 3 is 2.59 bits per heavy atom. The number of hydrogen-bond donors (Lipinski definition) is 2. The van der Waals surface area contributed by atoms with Crippen LogP contribution in [-0.2, 0) is 24.4 Å². The molecule has 2 atom stereocenters. The summed E-state index contributed by atoms with van der Waals surface area (Å²) in [5.41, 5.74) is 0.365. The molecule has 10 heteroatoms. The first-order valence-corrected chi connectivity index (χ1v) is 10.2. The third kappa shape index (κ3) is 4.11. The molecule has 2 amide bonds. The van der Waals surface area contributed by atoms with Crippen molar-refractivity contribution in [2.45, 2.75) is 24.2 Å².